The van der Waals surface area contributed by atoms with Gasteiger partial charge in [-0.15, -0.1) is 0 Å². The molecule has 1 aromatic rings. The molecule has 1 fully saturated rings. The number of nitrogens with one attached hydrogen (secondary N) is 1. The summed E-state index contributed by atoms with van der Waals surface area (Å²) < 4.78 is 5.56. The molecular weight excluding hydrogens is 260 g/mol. The molecule has 1 aliphatic heterocycles. The van der Waals surface area contributed by atoms with E-state index in [1.54, 1.807) is 7.11 Å². The summed E-state index contributed by atoms with van der Waals surface area (Å²) in [5.74, 6) is 1.02. The van der Waals surface area contributed by atoms with E-state index in [-0.39, 0.29) is 0 Å². The van der Waals surface area contributed by atoms with Crippen molar-refractivity contribution < 1.29 is 4.74 Å². The van der Waals surface area contributed by atoms with Crippen LogP contribution in [0.4, 0.5) is 0 Å². The lowest BCUT2D eigenvalue weighted by Crippen LogP contribution is -2.29. The Balaban J connectivity index is 2.09. The van der Waals surface area contributed by atoms with Crippen LogP contribution in [-0.4, -0.2) is 31.6 Å². The zero-order chi connectivity index (χ0) is 15.1. The molecule has 1 heterocycles. The Morgan fingerprint density at radius 1 is 1.24 bits per heavy atom. The van der Waals surface area contributed by atoms with Gasteiger partial charge in [-0.25, -0.2) is 0 Å². The van der Waals surface area contributed by atoms with E-state index in [1.165, 1.54) is 49.9 Å². The van der Waals surface area contributed by atoms with E-state index in [0.29, 0.717) is 6.04 Å². The number of piperidine rings is 1. The highest BCUT2D eigenvalue weighted by Crippen LogP contribution is 2.25. The molecule has 1 saturated heterocycles. The fraction of sp³-hybridized carbons (Fsp3) is 0.667. The average Bonchev–Trinajstić information content (AvgIpc) is 2.53. The van der Waals surface area contributed by atoms with E-state index >= 15 is 0 Å². The SMILES string of the molecule is CCCNC(C)c1ccc(OC)c(CN2CCCCC2)c1. The van der Waals surface area contributed by atoms with Crippen LogP contribution < -0.4 is 10.1 Å². The molecular formula is C18H30N2O. The highest BCUT2D eigenvalue weighted by atomic mass is 16.5. The molecule has 118 valence electrons. The van der Waals surface area contributed by atoms with E-state index < -0.39 is 0 Å². The van der Waals surface area contributed by atoms with Crippen LogP contribution in [0.5, 0.6) is 5.75 Å². The minimum atomic E-state index is 0.399. The van der Waals surface area contributed by atoms with Gasteiger partial charge < -0.3 is 10.1 Å². The molecule has 3 heteroatoms. The van der Waals surface area contributed by atoms with Gasteiger partial charge in [0, 0.05) is 18.2 Å². The second-order valence-corrected chi connectivity index (χ2v) is 6.08. The number of benzene rings is 1. The molecule has 0 amide bonds. The van der Waals surface area contributed by atoms with Crippen LogP contribution in [0, 0.1) is 0 Å². The van der Waals surface area contributed by atoms with Gasteiger partial charge in [-0.1, -0.05) is 19.4 Å². The van der Waals surface area contributed by atoms with E-state index in [2.05, 4.69) is 42.3 Å². The number of methoxy groups -OCH3 is 1. The zero-order valence-electron chi connectivity index (χ0n) is 13.8. The minimum absolute atomic E-state index is 0.399. The predicted octanol–water partition coefficient (Wildman–Crippen LogP) is 3.74. The summed E-state index contributed by atoms with van der Waals surface area (Å²) in [7, 11) is 1.77. The third-order valence-corrected chi connectivity index (χ3v) is 4.35. The lowest BCUT2D eigenvalue weighted by atomic mass is 10.0. The second kappa shape index (κ2) is 8.40. The number of nitrogens with zero attached hydrogens (tertiary/aromatic N) is 1. The molecule has 0 bridgehead atoms. The normalized spacial score (nSPS) is 17.7. The van der Waals surface area contributed by atoms with Gasteiger partial charge in [-0.3, -0.25) is 4.90 Å². The van der Waals surface area contributed by atoms with Crippen LogP contribution >= 0.6 is 0 Å². The Morgan fingerprint density at radius 3 is 2.67 bits per heavy atom. The van der Waals surface area contributed by atoms with Gasteiger partial charge in [0.25, 0.3) is 0 Å². The maximum atomic E-state index is 5.56. The van der Waals surface area contributed by atoms with Gasteiger partial charge in [0.05, 0.1) is 7.11 Å². The molecule has 1 aliphatic rings. The van der Waals surface area contributed by atoms with Crippen molar-refractivity contribution in [2.75, 3.05) is 26.7 Å². The maximum absolute atomic E-state index is 5.56. The van der Waals surface area contributed by atoms with E-state index in [9.17, 15) is 0 Å². The lowest BCUT2D eigenvalue weighted by molar-refractivity contribution is 0.218. The summed E-state index contributed by atoms with van der Waals surface area (Å²) in [6, 6.07) is 7.03. The van der Waals surface area contributed by atoms with Crippen molar-refractivity contribution in [3.8, 4) is 5.75 Å². The first-order valence-electron chi connectivity index (χ1n) is 8.37. The minimum Gasteiger partial charge on any atom is -0.496 e. The fourth-order valence-corrected chi connectivity index (χ4v) is 3.03. The standard InChI is InChI=1S/C18H30N2O/c1-4-10-19-15(2)16-8-9-18(21-3)17(13-16)14-20-11-6-5-7-12-20/h8-9,13,15,19H,4-7,10-12,14H2,1-3H3. The highest BCUT2D eigenvalue weighted by molar-refractivity contribution is 5.38. The number of hydrogen-bond donors (Lipinski definition) is 1. The number of ether oxygens (including phenoxy) is 1. The number of hydrogen-bond acceptors (Lipinski definition) is 3. The van der Waals surface area contributed by atoms with Crippen LogP contribution in [0.2, 0.25) is 0 Å². The van der Waals surface area contributed by atoms with Gasteiger partial charge in [-0.2, -0.15) is 0 Å². The molecule has 0 saturated carbocycles. The third kappa shape index (κ3) is 4.72. The lowest BCUT2D eigenvalue weighted by Gasteiger charge is -2.27. The summed E-state index contributed by atoms with van der Waals surface area (Å²) in [4.78, 5) is 2.55. The van der Waals surface area contributed by atoms with Crippen LogP contribution in [-0.2, 0) is 6.54 Å². The van der Waals surface area contributed by atoms with Gasteiger partial charge in [0.2, 0.25) is 0 Å². The summed E-state index contributed by atoms with van der Waals surface area (Å²) in [6.45, 7) is 8.96. The molecule has 0 aromatic heterocycles. The van der Waals surface area contributed by atoms with Gasteiger partial charge in [-0.05, 0) is 63.5 Å². The Kier molecular flexibility index (Phi) is 6.52. The van der Waals surface area contributed by atoms with E-state index in [1.807, 2.05) is 0 Å². The zero-order valence-corrected chi connectivity index (χ0v) is 13.8. The van der Waals surface area contributed by atoms with Crippen LogP contribution in [0.15, 0.2) is 18.2 Å². The van der Waals surface area contributed by atoms with Crippen LogP contribution in [0.25, 0.3) is 0 Å². The van der Waals surface area contributed by atoms with Crippen molar-refractivity contribution in [1.82, 2.24) is 10.2 Å². The highest BCUT2D eigenvalue weighted by Gasteiger charge is 2.14. The van der Waals surface area contributed by atoms with Crippen LogP contribution in [0.1, 0.15) is 56.7 Å². The van der Waals surface area contributed by atoms with Crippen molar-refractivity contribution >= 4 is 0 Å². The molecule has 21 heavy (non-hydrogen) atoms. The van der Waals surface area contributed by atoms with Crippen molar-refractivity contribution in [3.05, 3.63) is 29.3 Å². The van der Waals surface area contributed by atoms with Crippen molar-refractivity contribution in [1.29, 1.82) is 0 Å². The molecule has 1 unspecified atom stereocenters. The molecule has 0 spiro atoms. The first kappa shape index (κ1) is 16.3. The van der Waals surface area contributed by atoms with Crippen molar-refractivity contribution in [2.45, 2.75) is 52.1 Å². The molecule has 1 aromatic carbocycles. The number of likely N-dealkylation sites (tertiary alicyclic amines) is 1. The van der Waals surface area contributed by atoms with Gasteiger partial charge in [0.1, 0.15) is 5.75 Å². The fourth-order valence-electron chi connectivity index (χ4n) is 3.03. The molecule has 2 rings (SSSR count). The Labute approximate surface area is 129 Å². The summed E-state index contributed by atoms with van der Waals surface area (Å²) in [5, 5.41) is 3.56. The summed E-state index contributed by atoms with van der Waals surface area (Å²) in [5.41, 5.74) is 2.68. The summed E-state index contributed by atoms with van der Waals surface area (Å²) in [6.07, 6.45) is 5.21. The monoisotopic (exact) mass is 290 g/mol. The molecule has 1 atom stereocenters. The van der Waals surface area contributed by atoms with Crippen molar-refractivity contribution in [3.63, 3.8) is 0 Å². The Hall–Kier alpha value is -1.06. The van der Waals surface area contributed by atoms with Crippen LogP contribution in [0.3, 0.4) is 0 Å². The van der Waals surface area contributed by atoms with Gasteiger partial charge in [0.15, 0.2) is 0 Å². The largest absolute Gasteiger partial charge is 0.496 e. The smallest absolute Gasteiger partial charge is 0.123 e. The molecule has 0 radical (unpaired) electrons. The topological polar surface area (TPSA) is 24.5 Å². The second-order valence-electron chi connectivity index (χ2n) is 6.08. The third-order valence-electron chi connectivity index (χ3n) is 4.35. The average molecular weight is 290 g/mol. The number of rotatable bonds is 7. The van der Waals surface area contributed by atoms with Crippen molar-refractivity contribution in [2.24, 2.45) is 0 Å². The molecule has 0 aliphatic carbocycles. The molecule has 1 N–H and O–H groups in total. The predicted molar refractivity (Wildman–Crippen MR) is 88.8 cm³/mol. The summed E-state index contributed by atoms with van der Waals surface area (Å²) >= 11 is 0. The molecule has 3 nitrogen and oxygen atoms in total. The quantitative estimate of drug-likeness (QED) is 0.828. The Morgan fingerprint density at radius 2 is 2.00 bits per heavy atom. The Bertz CT molecular complexity index is 427. The maximum Gasteiger partial charge on any atom is 0.123 e. The first-order valence-corrected chi connectivity index (χ1v) is 8.37. The first-order chi connectivity index (χ1) is 10.2. The van der Waals surface area contributed by atoms with E-state index in [4.69, 9.17) is 4.74 Å². The van der Waals surface area contributed by atoms with Gasteiger partial charge >= 0.3 is 0 Å². The van der Waals surface area contributed by atoms with E-state index in [0.717, 1.165) is 18.8 Å².